The second kappa shape index (κ2) is 12.8. The summed E-state index contributed by atoms with van der Waals surface area (Å²) in [6.45, 7) is 9.89. The van der Waals surface area contributed by atoms with Crippen molar-refractivity contribution in [3.63, 3.8) is 0 Å². The molecule has 0 fully saturated rings. The number of rotatable bonds is 13. The topological polar surface area (TPSA) is 65.4 Å². The van der Waals surface area contributed by atoms with E-state index in [0.717, 1.165) is 77.1 Å². The molecule has 0 saturated heterocycles. The molecule has 1 N–H and O–H groups in total. The SMILES string of the molecule is CCCCC(CC)CNC(=O)c1cc(-c2csc(C)n2)n(CCc2ccc(OC)c(OC)c2)c1C. The van der Waals surface area contributed by atoms with Crippen LogP contribution in [0, 0.1) is 19.8 Å². The average molecular weight is 498 g/mol. The van der Waals surface area contributed by atoms with Crippen LogP contribution in [0.3, 0.4) is 0 Å². The van der Waals surface area contributed by atoms with Crippen LogP contribution >= 0.6 is 11.3 Å². The summed E-state index contributed by atoms with van der Waals surface area (Å²) in [5.41, 5.74) is 4.73. The van der Waals surface area contributed by atoms with Crippen molar-refractivity contribution in [3.8, 4) is 22.9 Å². The Kier molecular flexibility index (Phi) is 9.78. The lowest BCUT2D eigenvalue weighted by Gasteiger charge is -2.15. The molecular weight excluding hydrogens is 458 g/mol. The quantitative estimate of drug-likeness (QED) is 0.295. The van der Waals surface area contributed by atoms with Gasteiger partial charge in [-0.05, 0) is 56.4 Å². The summed E-state index contributed by atoms with van der Waals surface area (Å²) in [4.78, 5) is 17.9. The Morgan fingerprint density at radius 1 is 1.14 bits per heavy atom. The number of ether oxygens (including phenoxy) is 2. The number of benzene rings is 1. The van der Waals surface area contributed by atoms with E-state index in [4.69, 9.17) is 14.5 Å². The summed E-state index contributed by atoms with van der Waals surface area (Å²) >= 11 is 1.62. The minimum Gasteiger partial charge on any atom is -0.493 e. The second-order valence-electron chi connectivity index (χ2n) is 9.00. The summed E-state index contributed by atoms with van der Waals surface area (Å²) < 4.78 is 13.1. The van der Waals surface area contributed by atoms with Crippen molar-refractivity contribution in [1.82, 2.24) is 14.9 Å². The molecule has 190 valence electrons. The van der Waals surface area contributed by atoms with E-state index in [9.17, 15) is 4.79 Å². The van der Waals surface area contributed by atoms with Crippen molar-refractivity contribution in [1.29, 1.82) is 0 Å². The van der Waals surface area contributed by atoms with E-state index in [2.05, 4.69) is 35.2 Å². The molecule has 2 aromatic heterocycles. The molecule has 6 nitrogen and oxygen atoms in total. The van der Waals surface area contributed by atoms with Crippen LogP contribution in [0.1, 0.15) is 66.2 Å². The van der Waals surface area contributed by atoms with Crippen molar-refractivity contribution >= 4 is 17.2 Å². The molecule has 0 saturated carbocycles. The molecule has 1 amide bonds. The Balaban J connectivity index is 1.84. The van der Waals surface area contributed by atoms with Gasteiger partial charge in [0.05, 0.1) is 36.2 Å². The van der Waals surface area contributed by atoms with Crippen molar-refractivity contribution in [3.05, 3.63) is 51.5 Å². The second-order valence-corrected chi connectivity index (χ2v) is 10.1. The lowest BCUT2D eigenvalue weighted by Crippen LogP contribution is -2.29. The highest BCUT2D eigenvalue weighted by molar-refractivity contribution is 7.09. The van der Waals surface area contributed by atoms with Crippen molar-refractivity contribution in [2.24, 2.45) is 5.92 Å². The molecule has 1 unspecified atom stereocenters. The van der Waals surface area contributed by atoms with Crippen LogP contribution in [0.4, 0.5) is 0 Å². The first-order chi connectivity index (χ1) is 16.9. The standard InChI is InChI=1S/C28H39N3O3S/c1-7-9-10-21(8-2)17-29-28(32)23-16-25(24-18-35-20(4)30-24)31(19(23)3)14-13-22-11-12-26(33-5)27(15-22)34-6/h11-12,15-16,18,21H,7-10,13-14,17H2,1-6H3,(H,29,32). The number of hydrogen-bond acceptors (Lipinski definition) is 5. The third-order valence-corrected chi connectivity index (χ3v) is 7.43. The molecule has 0 bridgehead atoms. The van der Waals surface area contributed by atoms with Crippen LogP contribution in [-0.2, 0) is 13.0 Å². The van der Waals surface area contributed by atoms with Gasteiger partial charge < -0.3 is 19.4 Å². The first kappa shape index (κ1) is 26.8. The maximum absolute atomic E-state index is 13.2. The van der Waals surface area contributed by atoms with Gasteiger partial charge in [0.2, 0.25) is 0 Å². The van der Waals surface area contributed by atoms with Gasteiger partial charge in [0, 0.05) is 24.2 Å². The van der Waals surface area contributed by atoms with Gasteiger partial charge in [0.1, 0.15) is 0 Å². The van der Waals surface area contributed by atoms with Gasteiger partial charge in [0.25, 0.3) is 5.91 Å². The summed E-state index contributed by atoms with van der Waals surface area (Å²) in [5, 5.41) is 6.28. The number of thiazole rings is 1. The van der Waals surface area contributed by atoms with Gasteiger partial charge in [0.15, 0.2) is 11.5 Å². The highest BCUT2D eigenvalue weighted by Gasteiger charge is 2.20. The normalized spacial score (nSPS) is 11.9. The van der Waals surface area contributed by atoms with E-state index in [1.54, 1.807) is 25.6 Å². The number of carbonyl (C=O) groups is 1. The number of nitrogens with zero attached hydrogens (tertiary/aromatic N) is 2. The highest BCUT2D eigenvalue weighted by Crippen LogP contribution is 2.30. The number of carbonyl (C=O) groups excluding carboxylic acids is 1. The van der Waals surface area contributed by atoms with E-state index in [1.807, 2.05) is 32.0 Å². The third-order valence-electron chi connectivity index (χ3n) is 6.66. The van der Waals surface area contributed by atoms with Crippen LogP contribution in [-0.4, -0.2) is 36.2 Å². The number of unbranched alkanes of at least 4 members (excludes halogenated alkanes) is 1. The van der Waals surface area contributed by atoms with Crippen LogP contribution in [0.25, 0.3) is 11.4 Å². The van der Waals surface area contributed by atoms with Crippen molar-refractivity contribution < 1.29 is 14.3 Å². The van der Waals surface area contributed by atoms with E-state index in [-0.39, 0.29) is 5.91 Å². The first-order valence-electron chi connectivity index (χ1n) is 12.5. The molecule has 0 spiro atoms. The molecule has 0 aliphatic heterocycles. The summed E-state index contributed by atoms with van der Waals surface area (Å²) in [6.07, 6.45) is 5.41. The number of aromatic nitrogens is 2. The zero-order valence-corrected chi connectivity index (χ0v) is 22.8. The predicted octanol–water partition coefficient (Wildman–Crippen LogP) is 6.43. The molecule has 3 aromatic rings. The fourth-order valence-corrected chi connectivity index (χ4v) is 5.02. The molecule has 1 atom stereocenters. The Bertz CT molecular complexity index is 1120. The molecule has 0 aliphatic rings. The molecule has 0 aliphatic carbocycles. The number of aryl methyl sites for hydroxylation is 2. The minimum absolute atomic E-state index is 0.00415. The predicted molar refractivity (Wildman–Crippen MR) is 144 cm³/mol. The van der Waals surface area contributed by atoms with Gasteiger partial charge in [-0.25, -0.2) is 4.98 Å². The van der Waals surface area contributed by atoms with Crippen LogP contribution in [0.2, 0.25) is 0 Å². The zero-order valence-electron chi connectivity index (χ0n) is 21.9. The average Bonchev–Trinajstić information content (AvgIpc) is 3.45. The number of methoxy groups -OCH3 is 2. The Labute approximate surface area is 213 Å². The minimum atomic E-state index is -0.00415. The van der Waals surface area contributed by atoms with Gasteiger partial charge in [-0.2, -0.15) is 0 Å². The monoisotopic (exact) mass is 497 g/mol. The van der Waals surface area contributed by atoms with Crippen LogP contribution < -0.4 is 14.8 Å². The summed E-state index contributed by atoms with van der Waals surface area (Å²) in [7, 11) is 3.29. The number of nitrogens with one attached hydrogen (secondary N) is 1. The number of hydrogen-bond donors (Lipinski definition) is 1. The fraction of sp³-hybridized carbons (Fsp3) is 0.500. The van der Waals surface area contributed by atoms with Crippen LogP contribution in [0.15, 0.2) is 29.6 Å². The maximum atomic E-state index is 13.2. The van der Waals surface area contributed by atoms with Gasteiger partial charge in [-0.3, -0.25) is 4.79 Å². The lowest BCUT2D eigenvalue weighted by molar-refractivity contribution is 0.0945. The first-order valence-corrected chi connectivity index (χ1v) is 13.4. The lowest BCUT2D eigenvalue weighted by atomic mass is 9.99. The molecule has 3 rings (SSSR count). The van der Waals surface area contributed by atoms with Gasteiger partial charge in [-0.1, -0.05) is 39.2 Å². The van der Waals surface area contributed by atoms with E-state index >= 15 is 0 Å². The molecular formula is C28H39N3O3S. The Morgan fingerprint density at radius 3 is 2.54 bits per heavy atom. The largest absolute Gasteiger partial charge is 0.493 e. The zero-order chi connectivity index (χ0) is 25.4. The fourth-order valence-electron chi connectivity index (χ4n) is 4.41. The van der Waals surface area contributed by atoms with Crippen molar-refractivity contribution in [2.45, 2.75) is 66.3 Å². The highest BCUT2D eigenvalue weighted by atomic mass is 32.1. The Hall–Kier alpha value is -2.80. The summed E-state index contributed by atoms with van der Waals surface area (Å²) in [6, 6.07) is 8.00. The maximum Gasteiger partial charge on any atom is 0.253 e. The van der Waals surface area contributed by atoms with E-state index in [1.165, 1.54) is 12.8 Å². The molecule has 35 heavy (non-hydrogen) atoms. The third kappa shape index (κ3) is 6.66. The molecule has 7 heteroatoms. The van der Waals surface area contributed by atoms with E-state index < -0.39 is 0 Å². The molecule has 0 radical (unpaired) electrons. The summed E-state index contributed by atoms with van der Waals surface area (Å²) in [5.74, 6) is 1.95. The number of amides is 1. The van der Waals surface area contributed by atoms with E-state index in [0.29, 0.717) is 5.92 Å². The Morgan fingerprint density at radius 2 is 1.91 bits per heavy atom. The van der Waals surface area contributed by atoms with Crippen LogP contribution in [0.5, 0.6) is 11.5 Å². The smallest absolute Gasteiger partial charge is 0.253 e. The molecule has 2 heterocycles. The van der Waals surface area contributed by atoms with Crippen molar-refractivity contribution in [2.75, 3.05) is 20.8 Å². The van der Waals surface area contributed by atoms with Gasteiger partial charge in [-0.15, -0.1) is 11.3 Å². The van der Waals surface area contributed by atoms with Gasteiger partial charge >= 0.3 is 0 Å². The molecule has 1 aromatic carbocycles.